The number of carboxylic acids is 1. The molecule has 0 radical (unpaired) electrons. The molecule has 0 saturated carbocycles. The highest BCUT2D eigenvalue weighted by Gasteiger charge is 2.11. The van der Waals surface area contributed by atoms with Crippen LogP contribution in [-0.4, -0.2) is 34.7 Å². The Morgan fingerprint density at radius 3 is 2.53 bits per heavy atom. The molecular formula is C11H13N3O5. The molecule has 0 bridgehead atoms. The number of rotatable bonds is 5. The lowest BCUT2D eigenvalue weighted by molar-refractivity contribution is -0.117. The van der Waals surface area contributed by atoms with Crippen molar-refractivity contribution in [2.24, 2.45) is 5.73 Å². The molecule has 3 amide bonds. The maximum atomic E-state index is 11.4. The number of aromatic carboxylic acids is 1. The summed E-state index contributed by atoms with van der Waals surface area (Å²) < 4.78 is 0. The van der Waals surface area contributed by atoms with Crippen LogP contribution in [-0.2, 0) is 4.79 Å². The first kappa shape index (κ1) is 14.3. The highest BCUT2D eigenvalue weighted by atomic mass is 16.4. The largest absolute Gasteiger partial charge is 0.507 e. The van der Waals surface area contributed by atoms with Crippen molar-refractivity contribution in [2.75, 3.05) is 11.9 Å². The number of aromatic hydroxyl groups is 1. The number of urea groups is 1. The van der Waals surface area contributed by atoms with E-state index >= 15 is 0 Å². The van der Waals surface area contributed by atoms with Gasteiger partial charge < -0.3 is 26.6 Å². The summed E-state index contributed by atoms with van der Waals surface area (Å²) in [6.07, 6.45) is 0.00335. The molecule has 0 unspecified atom stereocenters. The van der Waals surface area contributed by atoms with Gasteiger partial charge >= 0.3 is 12.0 Å². The molecule has 0 aliphatic rings. The van der Waals surface area contributed by atoms with E-state index in [1.807, 2.05) is 0 Å². The fourth-order valence-electron chi connectivity index (χ4n) is 1.26. The van der Waals surface area contributed by atoms with Crippen LogP contribution in [0.2, 0.25) is 0 Å². The van der Waals surface area contributed by atoms with Gasteiger partial charge in [0, 0.05) is 18.7 Å². The van der Waals surface area contributed by atoms with E-state index in [1.165, 1.54) is 6.07 Å². The second-order valence-electron chi connectivity index (χ2n) is 3.63. The van der Waals surface area contributed by atoms with Crippen molar-refractivity contribution in [3.63, 3.8) is 0 Å². The zero-order valence-electron chi connectivity index (χ0n) is 9.84. The van der Waals surface area contributed by atoms with Crippen molar-refractivity contribution in [1.82, 2.24) is 5.32 Å². The van der Waals surface area contributed by atoms with Gasteiger partial charge in [-0.25, -0.2) is 9.59 Å². The number of carbonyl (C=O) groups is 3. The van der Waals surface area contributed by atoms with Gasteiger partial charge in [0.05, 0.1) is 0 Å². The summed E-state index contributed by atoms with van der Waals surface area (Å²) in [6, 6.07) is 3.01. The minimum Gasteiger partial charge on any atom is -0.507 e. The first-order chi connectivity index (χ1) is 8.90. The lowest BCUT2D eigenvalue weighted by Gasteiger charge is -2.08. The predicted molar refractivity (Wildman–Crippen MR) is 65.9 cm³/mol. The second kappa shape index (κ2) is 6.24. The van der Waals surface area contributed by atoms with Crippen LogP contribution in [0.3, 0.4) is 0 Å². The van der Waals surface area contributed by atoms with Crippen molar-refractivity contribution in [2.45, 2.75) is 6.42 Å². The normalized spacial score (nSPS) is 9.68. The van der Waals surface area contributed by atoms with Crippen molar-refractivity contribution < 1.29 is 24.6 Å². The van der Waals surface area contributed by atoms with Crippen LogP contribution < -0.4 is 16.4 Å². The Balaban J connectivity index is 2.62. The number of nitrogens with one attached hydrogen (secondary N) is 2. The Morgan fingerprint density at radius 2 is 1.95 bits per heavy atom. The number of benzene rings is 1. The lowest BCUT2D eigenvalue weighted by atomic mass is 10.2. The zero-order valence-corrected chi connectivity index (χ0v) is 9.84. The maximum absolute atomic E-state index is 11.4. The van der Waals surface area contributed by atoms with Gasteiger partial charge in [-0.3, -0.25) is 4.79 Å². The van der Waals surface area contributed by atoms with Gasteiger partial charge in [0.1, 0.15) is 11.3 Å². The maximum Gasteiger partial charge on any atom is 0.339 e. The van der Waals surface area contributed by atoms with E-state index in [4.69, 9.17) is 10.8 Å². The highest BCUT2D eigenvalue weighted by molar-refractivity contribution is 5.95. The fourth-order valence-corrected chi connectivity index (χ4v) is 1.26. The van der Waals surface area contributed by atoms with Gasteiger partial charge in [0.2, 0.25) is 5.91 Å². The van der Waals surface area contributed by atoms with E-state index in [0.29, 0.717) is 0 Å². The number of hydrogen-bond acceptors (Lipinski definition) is 4. The minimum absolute atomic E-state index is 0.00335. The Kier molecular flexibility index (Phi) is 4.69. The number of nitrogens with two attached hydrogens (primary N) is 1. The molecule has 0 aliphatic heterocycles. The molecule has 0 heterocycles. The minimum atomic E-state index is -1.31. The van der Waals surface area contributed by atoms with Crippen LogP contribution in [0.4, 0.5) is 10.5 Å². The predicted octanol–water partition coefficient (Wildman–Crippen LogP) is 0.0873. The molecule has 8 heteroatoms. The molecule has 0 aromatic heterocycles. The molecule has 19 heavy (non-hydrogen) atoms. The third kappa shape index (κ3) is 4.54. The average molecular weight is 267 g/mol. The Hall–Kier alpha value is -2.77. The van der Waals surface area contributed by atoms with E-state index in [0.717, 1.165) is 12.1 Å². The zero-order chi connectivity index (χ0) is 14.4. The SMILES string of the molecule is NC(=O)CCNC(=O)Nc1ccc(O)c(C(=O)O)c1. The summed E-state index contributed by atoms with van der Waals surface area (Å²) in [4.78, 5) is 32.6. The van der Waals surface area contributed by atoms with Crippen molar-refractivity contribution >= 4 is 23.6 Å². The number of amides is 3. The smallest absolute Gasteiger partial charge is 0.339 e. The molecule has 1 rings (SSSR count). The van der Waals surface area contributed by atoms with Crippen molar-refractivity contribution in [1.29, 1.82) is 0 Å². The molecule has 0 fully saturated rings. The van der Waals surface area contributed by atoms with Gasteiger partial charge in [-0.15, -0.1) is 0 Å². The molecule has 1 aromatic carbocycles. The molecular weight excluding hydrogens is 254 g/mol. The molecule has 0 aliphatic carbocycles. The van der Waals surface area contributed by atoms with E-state index in [2.05, 4.69) is 10.6 Å². The van der Waals surface area contributed by atoms with Gasteiger partial charge in [-0.05, 0) is 18.2 Å². The topological polar surface area (TPSA) is 142 Å². The fraction of sp³-hybridized carbons (Fsp3) is 0.182. The van der Waals surface area contributed by atoms with Crippen LogP contribution in [0.5, 0.6) is 5.75 Å². The third-order valence-corrected chi connectivity index (χ3v) is 2.14. The molecule has 0 atom stereocenters. The standard InChI is InChI=1S/C11H13N3O5/c12-9(16)3-4-13-11(19)14-6-1-2-8(15)7(5-6)10(17)18/h1-2,5,15H,3-4H2,(H2,12,16)(H,17,18)(H2,13,14,19). The quantitative estimate of drug-likeness (QED) is 0.480. The third-order valence-electron chi connectivity index (χ3n) is 2.14. The van der Waals surface area contributed by atoms with Gasteiger partial charge in [0.15, 0.2) is 0 Å². The summed E-state index contributed by atoms with van der Waals surface area (Å²) >= 11 is 0. The van der Waals surface area contributed by atoms with Gasteiger partial charge in [-0.1, -0.05) is 0 Å². The number of carbonyl (C=O) groups excluding carboxylic acids is 2. The highest BCUT2D eigenvalue weighted by Crippen LogP contribution is 2.21. The van der Waals surface area contributed by atoms with Gasteiger partial charge in [0.25, 0.3) is 0 Å². The summed E-state index contributed by atoms with van der Waals surface area (Å²) in [7, 11) is 0. The molecule has 8 nitrogen and oxygen atoms in total. The van der Waals surface area contributed by atoms with E-state index in [1.54, 1.807) is 0 Å². The summed E-state index contributed by atoms with van der Waals surface area (Å²) in [5.74, 6) is -2.25. The van der Waals surface area contributed by atoms with Crippen molar-refractivity contribution in [3.05, 3.63) is 23.8 Å². The van der Waals surface area contributed by atoms with E-state index in [-0.39, 0.29) is 24.2 Å². The molecule has 0 saturated heterocycles. The van der Waals surface area contributed by atoms with Crippen LogP contribution in [0.25, 0.3) is 0 Å². The average Bonchev–Trinajstić information content (AvgIpc) is 2.30. The second-order valence-corrected chi connectivity index (χ2v) is 3.63. The van der Waals surface area contributed by atoms with Gasteiger partial charge in [-0.2, -0.15) is 0 Å². The Labute approximate surface area is 108 Å². The molecule has 1 aromatic rings. The van der Waals surface area contributed by atoms with E-state index in [9.17, 15) is 19.5 Å². The lowest BCUT2D eigenvalue weighted by Crippen LogP contribution is -2.31. The van der Waals surface area contributed by atoms with Crippen LogP contribution >= 0.6 is 0 Å². The number of primary amides is 1. The summed E-state index contributed by atoms with van der Waals surface area (Å²) in [6.45, 7) is 0.0744. The molecule has 102 valence electrons. The molecule has 0 spiro atoms. The van der Waals surface area contributed by atoms with E-state index < -0.39 is 23.7 Å². The monoisotopic (exact) mass is 267 g/mol. The summed E-state index contributed by atoms with van der Waals surface area (Å²) in [5.41, 5.74) is 4.77. The van der Waals surface area contributed by atoms with Crippen LogP contribution in [0.1, 0.15) is 16.8 Å². The van der Waals surface area contributed by atoms with Crippen LogP contribution in [0.15, 0.2) is 18.2 Å². The first-order valence-electron chi connectivity index (χ1n) is 5.29. The first-order valence-corrected chi connectivity index (χ1v) is 5.29. The Bertz CT molecular complexity index is 515. The van der Waals surface area contributed by atoms with Crippen LogP contribution in [0, 0.1) is 0 Å². The Morgan fingerprint density at radius 1 is 1.26 bits per heavy atom. The number of phenols is 1. The number of carboxylic acid groups (broad SMARTS) is 1. The number of hydrogen-bond donors (Lipinski definition) is 5. The molecule has 6 N–H and O–H groups in total. The number of anilines is 1. The van der Waals surface area contributed by atoms with Crippen molar-refractivity contribution in [3.8, 4) is 5.75 Å². The summed E-state index contributed by atoms with van der Waals surface area (Å²) in [5, 5.41) is 22.8.